The van der Waals surface area contributed by atoms with Crippen LogP contribution in [0.3, 0.4) is 0 Å². The minimum atomic E-state index is -0.928. The van der Waals surface area contributed by atoms with E-state index in [1.54, 1.807) is 5.38 Å². The molecular formula is C11H13NO3S2. The molecule has 4 nitrogen and oxygen atoms in total. The van der Waals surface area contributed by atoms with E-state index in [1.807, 2.05) is 19.2 Å². The lowest BCUT2D eigenvalue weighted by atomic mass is 10.1. The number of carbonyl (C=O) groups excluding carboxylic acids is 1. The molecule has 6 heteroatoms. The number of aliphatic carboxylic acids is 1. The Morgan fingerprint density at radius 2 is 2.18 bits per heavy atom. The van der Waals surface area contributed by atoms with Crippen LogP contribution < -0.4 is 0 Å². The van der Waals surface area contributed by atoms with E-state index in [9.17, 15) is 9.59 Å². The van der Waals surface area contributed by atoms with Gasteiger partial charge in [0, 0.05) is 11.1 Å². The zero-order chi connectivity index (χ0) is 12.6. The van der Waals surface area contributed by atoms with Crippen molar-refractivity contribution in [1.29, 1.82) is 0 Å². The summed E-state index contributed by atoms with van der Waals surface area (Å²) in [6.45, 7) is 3.74. The van der Waals surface area contributed by atoms with Crippen molar-refractivity contribution in [2.45, 2.75) is 25.3 Å². The molecule has 0 spiro atoms. The Bertz CT molecular complexity index is 457. The number of rotatable bonds is 2. The molecule has 92 valence electrons. The Morgan fingerprint density at radius 1 is 1.47 bits per heavy atom. The van der Waals surface area contributed by atoms with E-state index in [0.29, 0.717) is 11.3 Å². The van der Waals surface area contributed by atoms with Gasteiger partial charge in [-0.1, -0.05) is 0 Å². The van der Waals surface area contributed by atoms with Gasteiger partial charge in [-0.2, -0.15) is 11.3 Å². The van der Waals surface area contributed by atoms with Gasteiger partial charge in [-0.15, -0.1) is 11.8 Å². The Morgan fingerprint density at radius 3 is 2.71 bits per heavy atom. The van der Waals surface area contributed by atoms with Gasteiger partial charge < -0.3 is 10.0 Å². The summed E-state index contributed by atoms with van der Waals surface area (Å²) in [7, 11) is 0. The summed E-state index contributed by atoms with van der Waals surface area (Å²) in [5, 5.41) is 12.7. The third-order valence-corrected chi connectivity index (χ3v) is 4.91. The van der Waals surface area contributed by atoms with Gasteiger partial charge in [0.15, 0.2) is 0 Å². The van der Waals surface area contributed by atoms with Crippen LogP contribution >= 0.6 is 23.1 Å². The minimum Gasteiger partial charge on any atom is -0.480 e. The first-order valence-electron chi connectivity index (χ1n) is 5.22. The highest BCUT2D eigenvalue weighted by Crippen LogP contribution is 2.31. The van der Waals surface area contributed by atoms with E-state index in [2.05, 4.69) is 0 Å². The van der Waals surface area contributed by atoms with Crippen molar-refractivity contribution in [3.05, 3.63) is 21.9 Å². The minimum absolute atomic E-state index is 0.0806. The van der Waals surface area contributed by atoms with Crippen LogP contribution in [0.1, 0.15) is 22.8 Å². The van der Waals surface area contributed by atoms with E-state index in [0.717, 1.165) is 5.56 Å². The summed E-state index contributed by atoms with van der Waals surface area (Å²) in [6.07, 6.45) is 0. The second-order valence-corrected chi connectivity index (χ2v) is 6.06. The Balaban J connectivity index is 2.29. The smallest absolute Gasteiger partial charge is 0.327 e. The molecular weight excluding hydrogens is 258 g/mol. The highest BCUT2D eigenvalue weighted by Gasteiger charge is 2.40. The molecule has 1 N–H and O–H groups in total. The molecule has 17 heavy (non-hydrogen) atoms. The van der Waals surface area contributed by atoms with Crippen LogP contribution in [0.2, 0.25) is 0 Å². The maximum atomic E-state index is 12.3. The Labute approximate surface area is 108 Å². The van der Waals surface area contributed by atoms with Crippen molar-refractivity contribution in [3.63, 3.8) is 0 Å². The lowest BCUT2D eigenvalue weighted by Gasteiger charge is -2.24. The van der Waals surface area contributed by atoms with E-state index < -0.39 is 12.0 Å². The van der Waals surface area contributed by atoms with Crippen LogP contribution in [0.4, 0.5) is 0 Å². The van der Waals surface area contributed by atoms with E-state index in [4.69, 9.17) is 5.11 Å². The maximum Gasteiger partial charge on any atom is 0.327 e. The third-order valence-electron chi connectivity index (χ3n) is 2.83. The average Bonchev–Trinajstić information content (AvgIpc) is 2.83. The van der Waals surface area contributed by atoms with Gasteiger partial charge >= 0.3 is 5.97 Å². The highest BCUT2D eigenvalue weighted by atomic mass is 32.2. The lowest BCUT2D eigenvalue weighted by molar-refractivity contribution is -0.141. The first-order valence-corrected chi connectivity index (χ1v) is 7.21. The number of aryl methyl sites for hydroxylation is 1. The fraction of sp³-hybridized carbons (Fsp3) is 0.455. The van der Waals surface area contributed by atoms with Crippen molar-refractivity contribution in [2.75, 3.05) is 5.75 Å². The molecule has 2 unspecified atom stereocenters. The van der Waals surface area contributed by atoms with Gasteiger partial charge in [-0.25, -0.2) is 4.79 Å². The van der Waals surface area contributed by atoms with E-state index >= 15 is 0 Å². The zero-order valence-corrected chi connectivity index (χ0v) is 11.2. The van der Waals surface area contributed by atoms with Crippen LogP contribution in [-0.4, -0.2) is 39.1 Å². The molecule has 2 atom stereocenters. The van der Waals surface area contributed by atoms with Gasteiger partial charge in [-0.3, -0.25) is 4.79 Å². The van der Waals surface area contributed by atoms with E-state index in [1.165, 1.54) is 28.0 Å². The quantitative estimate of drug-likeness (QED) is 0.894. The van der Waals surface area contributed by atoms with Crippen molar-refractivity contribution in [2.24, 2.45) is 0 Å². The topological polar surface area (TPSA) is 57.6 Å². The van der Waals surface area contributed by atoms with Crippen LogP contribution in [-0.2, 0) is 4.79 Å². The van der Waals surface area contributed by atoms with Gasteiger partial charge in [0.25, 0.3) is 5.91 Å². The maximum absolute atomic E-state index is 12.3. The number of carboxylic acids is 1. The number of hydrogen-bond acceptors (Lipinski definition) is 4. The second kappa shape index (κ2) is 4.70. The SMILES string of the molecule is Cc1cscc1C(=O)N1C(C)SCC1C(=O)O. The van der Waals surface area contributed by atoms with Crippen LogP contribution in [0.15, 0.2) is 10.8 Å². The standard InChI is InChI=1S/C11H13NO3S2/c1-6-3-16-4-8(6)10(13)12-7(2)17-5-9(12)11(14)15/h3-4,7,9H,5H2,1-2H3,(H,14,15). The Hall–Kier alpha value is -1.01. The first kappa shape index (κ1) is 12.4. The second-order valence-electron chi connectivity index (χ2n) is 3.97. The summed E-state index contributed by atoms with van der Waals surface area (Å²) in [4.78, 5) is 24.9. The lowest BCUT2D eigenvalue weighted by Crippen LogP contribution is -2.44. The molecule has 1 aliphatic heterocycles. The molecule has 1 aliphatic rings. The van der Waals surface area contributed by atoms with E-state index in [-0.39, 0.29) is 11.3 Å². The van der Waals surface area contributed by atoms with Crippen LogP contribution in [0, 0.1) is 6.92 Å². The predicted molar refractivity (Wildman–Crippen MR) is 68.6 cm³/mol. The van der Waals surface area contributed by atoms with Crippen LogP contribution in [0.5, 0.6) is 0 Å². The molecule has 1 amide bonds. The van der Waals surface area contributed by atoms with Gasteiger partial charge in [0.2, 0.25) is 0 Å². The normalized spacial score (nSPS) is 24.0. The fourth-order valence-corrected chi connectivity index (χ4v) is 3.85. The fourth-order valence-electron chi connectivity index (χ4n) is 1.86. The summed E-state index contributed by atoms with van der Waals surface area (Å²) in [6, 6.07) is -0.707. The number of carboxylic acid groups (broad SMARTS) is 1. The molecule has 1 aromatic heterocycles. The molecule has 0 aliphatic carbocycles. The number of thiophene rings is 1. The van der Waals surface area contributed by atoms with Crippen molar-refractivity contribution >= 4 is 35.0 Å². The average molecular weight is 271 g/mol. The van der Waals surface area contributed by atoms with Gasteiger partial charge in [0.05, 0.1) is 10.9 Å². The molecule has 2 heterocycles. The highest BCUT2D eigenvalue weighted by molar-refractivity contribution is 8.00. The molecule has 1 saturated heterocycles. The molecule has 1 aromatic rings. The van der Waals surface area contributed by atoms with Crippen LogP contribution in [0.25, 0.3) is 0 Å². The molecule has 0 saturated carbocycles. The monoisotopic (exact) mass is 271 g/mol. The third kappa shape index (κ3) is 2.19. The predicted octanol–water partition coefficient (Wildman–Crippen LogP) is 2.04. The molecule has 0 radical (unpaired) electrons. The first-order chi connectivity index (χ1) is 8.02. The number of nitrogens with zero attached hydrogens (tertiary/aromatic N) is 1. The molecule has 0 bridgehead atoms. The van der Waals surface area contributed by atoms with Gasteiger partial charge in [0.1, 0.15) is 6.04 Å². The molecule has 0 aromatic carbocycles. The number of carbonyl (C=O) groups is 2. The number of thioether (sulfide) groups is 1. The van der Waals surface area contributed by atoms with Crippen molar-refractivity contribution in [1.82, 2.24) is 4.90 Å². The number of hydrogen-bond donors (Lipinski definition) is 1. The Kier molecular flexibility index (Phi) is 3.44. The molecule has 2 rings (SSSR count). The largest absolute Gasteiger partial charge is 0.480 e. The van der Waals surface area contributed by atoms with Crippen molar-refractivity contribution in [3.8, 4) is 0 Å². The molecule has 1 fully saturated rings. The van der Waals surface area contributed by atoms with Gasteiger partial charge in [-0.05, 0) is 24.8 Å². The zero-order valence-electron chi connectivity index (χ0n) is 9.54. The summed E-state index contributed by atoms with van der Waals surface area (Å²) in [5.74, 6) is -0.637. The number of amides is 1. The summed E-state index contributed by atoms with van der Waals surface area (Å²) >= 11 is 2.96. The summed E-state index contributed by atoms with van der Waals surface area (Å²) in [5.41, 5.74) is 1.53. The summed E-state index contributed by atoms with van der Waals surface area (Å²) < 4.78 is 0. The van der Waals surface area contributed by atoms with Crippen molar-refractivity contribution < 1.29 is 14.7 Å².